The van der Waals surface area contributed by atoms with Gasteiger partial charge in [0, 0.05) is 32.1 Å². The van der Waals surface area contributed by atoms with E-state index in [1.54, 1.807) is 0 Å². The van der Waals surface area contributed by atoms with Crippen LogP contribution >= 0.6 is 0 Å². The Morgan fingerprint density at radius 2 is 1.69 bits per heavy atom. The maximum atomic E-state index is 11.7. The summed E-state index contributed by atoms with van der Waals surface area (Å²) in [5.74, 6) is 0.421. The van der Waals surface area contributed by atoms with Gasteiger partial charge in [-0.2, -0.15) is 0 Å². The lowest BCUT2D eigenvalue weighted by Gasteiger charge is -2.21. The van der Waals surface area contributed by atoms with Crippen molar-refractivity contribution in [1.82, 2.24) is 0 Å². The smallest absolute Gasteiger partial charge is 0.307 e. The Morgan fingerprint density at radius 3 is 2.34 bits per heavy atom. The van der Waals surface area contributed by atoms with Crippen LogP contribution in [0.15, 0.2) is 23.5 Å². The summed E-state index contributed by atoms with van der Waals surface area (Å²) in [4.78, 5) is 35.0. The zero-order valence-electron chi connectivity index (χ0n) is 22.7. The largest absolute Gasteiger partial charge is 0.466 e. The Morgan fingerprint density at radius 1 is 0.971 bits per heavy atom. The standard InChI is InChI=1S/C29H48O6/c1-6-8-14-22(3)27(34-23(4)30)19-17-25-18-20-28(35-24(5)31)26(25)15-12-10-11-13-16-29(32)33-21-9-7-2/h17,19,22,26,28H,6-16,18,20-21H2,1-5H3/t22?,26-,28-/m1/s1. The molecule has 1 aliphatic carbocycles. The van der Waals surface area contributed by atoms with Gasteiger partial charge in [0.25, 0.3) is 0 Å². The summed E-state index contributed by atoms with van der Waals surface area (Å²) in [6, 6.07) is 0. The zero-order chi connectivity index (χ0) is 26.1. The third-order valence-electron chi connectivity index (χ3n) is 6.57. The molecule has 0 amide bonds. The van der Waals surface area contributed by atoms with E-state index in [9.17, 15) is 14.4 Å². The van der Waals surface area contributed by atoms with Gasteiger partial charge in [-0.25, -0.2) is 0 Å². The van der Waals surface area contributed by atoms with Crippen molar-refractivity contribution in [3.05, 3.63) is 23.5 Å². The van der Waals surface area contributed by atoms with Gasteiger partial charge in [0.2, 0.25) is 0 Å². The molecule has 1 aliphatic rings. The van der Waals surface area contributed by atoms with Crippen molar-refractivity contribution in [2.24, 2.45) is 11.8 Å². The fourth-order valence-corrected chi connectivity index (χ4v) is 4.56. The van der Waals surface area contributed by atoms with Gasteiger partial charge in [0.15, 0.2) is 0 Å². The third kappa shape index (κ3) is 13.5. The van der Waals surface area contributed by atoms with E-state index in [2.05, 4.69) is 26.8 Å². The summed E-state index contributed by atoms with van der Waals surface area (Å²) in [7, 11) is 0. The average Bonchev–Trinajstić information content (AvgIpc) is 3.17. The molecule has 0 aromatic rings. The topological polar surface area (TPSA) is 78.9 Å². The number of unbranched alkanes of at least 4 members (excludes halogenated alkanes) is 5. The number of ether oxygens (including phenoxy) is 3. The van der Waals surface area contributed by atoms with Gasteiger partial charge in [-0.3, -0.25) is 14.4 Å². The minimum atomic E-state index is -0.298. The van der Waals surface area contributed by atoms with Crippen LogP contribution in [0.2, 0.25) is 0 Å². The number of rotatable bonds is 17. The van der Waals surface area contributed by atoms with E-state index < -0.39 is 0 Å². The summed E-state index contributed by atoms with van der Waals surface area (Å²) in [5, 5.41) is 0. The number of allylic oxidation sites excluding steroid dienone is 3. The first kappa shape index (κ1) is 30.9. The molecule has 0 aliphatic heterocycles. The van der Waals surface area contributed by atoms with Crippen LogP contribution in [0.3, 0.4) is 0 Å². The second kappa shape index (κ2) is 18.2. The molecule has 0 N–H and O–H groups in total. The lowest BCUT2D eigenvalue weighted by molar-refractivity contribution is -0.148. The highest BCUT2D eigenvalue weighted by atomic mass is 16.5. The van der Waals surface area contributed by atoms with Gasteiger partial charge in [-0.1, -0.05) is 70.9 Å². The number of hydrogen-bond donors (Lipinski definition) is 0. The molecule has 0 aromatic carbocycles. The Labute approximate surface area is 212 Å². The molecule has 0 radical (unpaired) electrons. The molecule has 6 nitrogen and oxygen atoms in total. The van der Waals surface area contributed by atoms with E-state index in [1.807, 2.05) is 6.08 Å². The summed E-state index contributed by atoms with van der Waals surface area (Å²) < 4.78 is 16.4. The van der Waals surface area contributed by atoms with Gasteiger partial charge >= 0.3 is 17.9 Å². The molecule has 0 saturated heterocycles. The van der Waals surface area contributed by atoms with Crippen molar-refractivity contribution in [3.8, 4) is 0 Å². The molecule has 35 heavy (non-hydrogen) atoms. The highest BCUT2D eigenvalue weighted by Gasteiger charge is 2.33. The van der Waals surface area contributed by atoms with Crippen molar-refractivity contribution in [2.75, 3.05) is 6.61 Å². The molecule has 0 spiro atoms. The Hall–Kier alpha value is -2.11. The number of carbonyl (C=O) groups is 3. The van der Waals surface area contributed by atoms with Crippen molar-refractivity contribution >= 4 is 17.9 Å². The van der Waals surface area contributed by atoms with Gasteiger partial charge in [-0.15, -0.1) is 0 Å². The molecule has 1 fully saturated rings. The van der Waals surface area contributed by atoms with E-state index in [1.165, 1.54) is 19.4 Å². The average molecular weight is 493 g/mol. The van der Waals surface area contributed by atoms with Crippen LogP contribution in [-0.2, 0) is 28.6 Å². The first-order valence-corrected chi connectivity index (χ1v) is 13.7. The van der Waals surface area contributed by atoms with E-state index in [0.717, 1.165) is 77.0 Å². The number of carbonyl (C=O) groups excluding carboxylic acids is 3. The predicted molar refractivity (Wildman–Crippen MR) is 138 cm³/mol. The van der Waals surface area contributed by atoms with Crippen LogP contribution in [0.25, 0.3) is 0 Å². The molecule has 3 atom stereocenters. The Kier molecular flexibility index (Phi) is 16.1. The Balaban J connectivity index is 2.70. The fraction of sp³-hybridized carbons (Fsp3) is 0.759. The second-order valence-electron chi connectivity index (χ2n) is 9.77. The third-order valence-corrected chi connectivity index (χ3v) is 6.57. The molecular weight excluding hydrogens is 444 g/mol. The van der Waals surface area contributed by atoms with Crippen LogP contribution in [0.4, 0.5) is 0 Å². The number of esters is 3. The molecule has 1 rings (SSSR count). The van der Waals surface area contributed by atoms with Crippen LogP contribution in [0.1, 0.15) is 118 Å². The van der Waals surface area contributed by atoms with Crippen molar-refractivity contribution in [3.63, 3.8) is 0 Å². The zero-order valence-corrected chi connectivity index (χ0v) is 22.7. The highest BCUT2D eigenvalue weighted by Crippen LogP contribution is 2.38. The normalized spacial score (nSPS) is 20.0. The van der Waals surface area contributed by atoms with E-state index in [4.69, 9.17) is 14.2 Å². The van der Waals surface area contributed by atoms with Gasteiger partial charge < -0.3 is 14.2 Å². The monoisotopic (exact) mass is 492 g/mol. The molecule has 200 valence electrons. The van der Waals surface area contributed by atoms with Gasteiger partial charge in [-0.05, 0) is 44.6 Å². The molecule has 0 bridgehead atoms. The highest BCUT2D eigenvalue weighted by molar-refractivity contribution is 5.69. The lowest BCUT2D eigenvalue weighted by atomic mass is 9.92. The van der Waals surface area contributed by atoms with Crippen LogP contribution in [-0.4, -0.2) is 30.6 Å². The molecule has 0 aromatic heterocycles. The number of hydrogen-bond acceptors (Lipinski definition) is 6. The Bertz CT molecular complexity index is 708. The van der Waals surface area contributed by atoms with Crippen LogP contribution < -0.4 is 0 Å². The van der Waals surface area contributed by atoms with E-state index in [-0.39, 0.29) is 35.8 Å². The summed E-state index contributed by atoms with van der Waals surface area (Å²) >= 11 is 0. The van der Waals surface area contributed by atoms with E-state index >= 15 is 0 Å². The maximum absolute atomic E-state index is 11.7. The van der Waals surface area contributed by atoms with Crippen LogP contribution in [0, 0.1) is 11.8 Å². The minimum absolute atomic E-state index is 0.0991. The summed E-state index contributed by atoms with van der Waals surface area (Å²) in [6.45, 7) is 9.75. The quantitative estimate of drug-likeness (QED) is 0.0923. The minimum Gasteiger partial charge on any atom is -0.466 e. The second-order valence-corrected chi connectivity index (χ2v) is 9.77. The molecule has 1 unspecified atom stereocenters. The molecule has 1 saturated carbocycles. The lowest BCUT2D eigenvalue weighted by Crippen LogP contribution is -2.21. The summed E-state index contributed by atoms with van der Waals surface area (Å²) in [5.41, 5.74) is 1.25. The molecule has 0 heterocycles. The predicted octanol–water partition coefficient (Wildman–Crippen LogP) is 7.21. The van der Waals surface area contributed by atoms with Crippen molar-refractivity contribution in [2.45, 2.75) is 124 Å². The van der Waals surface area contributed by atoms with Gasteiger partial charge in [0.1, 0.15) is 11.9 Å². The van der Waals surface area contributed by atoms with Crippen molar-refractivity contribution in [1.29, 1.82) is 0 Å². The first-order valence-electron chi connectivity index (χ1n) is 13.7. The maximum Gasteiger partial charge on any atom is 0.307 e. The fourth-order valence-electron chi connectivity index (χ4n) is 4.56. The first-order chi connectivity index (χ1) is 16.8. The molecule has 6 heteroatoms. The summed E-state index contributed by atoms with van der Waals surface area (Å²) in [6.07, 6.45) is 16.0. The van der Waals surface area contributed by atoms with Crippen LogP contribution in [0.5, 0.6) is 0 Å². The van der Waals surface area contributed by atoms with E-state index in [0.29, 0.717) is 18.8 Å². The SMILES string of the molecule is CCCCOC(=O)CCCCCC[C@@H]1C(=CC=C(OC(C)=O)C(C)CCCC)CC[C@H]1OC(C)=O. The van der Waals surface area contributed by atoms with Gasteiger partial charge in [0.05, 0.1) is 6.61 Å². The van der Waals surface area contributed by atoms with Crippen molar-refractivity contribution < 1.29 is 28.6 Å². The molecular formula is C29H48O6.